The average Bonchev–Trinajstić information content (AvgIpc) is 2.46. The number of nitrogens with zero attached hydrogens (tertiary/aromatic N) is 2. The fourth-order valence-electron chi connectivity index (χ4n) is 1.90. The molecule has 0 bridgehead atoms. The minimum Gasteiger partial charge on any atom is -0.350 e. The van der Waals surface area contributed by atoms with Crippen molar-refractivity contribution in [2.24, 2.45) is 0 Å². The monoisotopic (exact) mass is 277 g/mol. The number of carbonyl (C=O) groups is 2. The number of nitrogens with one attached hydrogen (secondary N) is 1. The Hall–Kier alpha value is -1.91. The summed E-state index contributed by atoms with van der Waals surface area (Å²) >= 11 is 0. The lowest BCUT2D eigenvalue weighted by Crippen LogP contribution is -2.36. The molecule has 2 amide bonds. The number of hydrogen-bond donors (Lipinski definition) is 1. The molecule has 0 aromatic carbocycles. The van der Waals surface area contributed by atoms with E-state index >= 15 is 0 Å². The van der Waals surface area contributed by atoms with Crippen molar-refractivity contribution in [3.8, 4) is 0 Å². The van der Waals surface area contributed by atoms with Crippen LogP contribution < -0.4 is 5.32 Å². The van der Waals surface area contributed by atoms with Gasteiger partial charge in [0.05, 0.1) is 12.2 Å². The summed E-state index contributed by atoms with van der Waals surface area (Å²) in [4.78, 5) is 29.6. The zero-order chi connectivity index (χ0) is 14.8. The molecule has 0 atom stereocenters. The molecule has 0 aliphatic carbocycles. The lowest BCUT2D eigenvalue weighted by Gasteiger charge is -2.21. The maximum Gasteiger partial charge on any atom is 0.232 e. The standard InChI is InChI=1S/C15H23N3O2/c1-3-9-18(10-4-2)15(20)11-14(19)17-12-13-7-5-6-8-16-13/h5-8H,3-4,9-12H2,1-2H3,(H,17,19). The van der Waals surface area contributed by atoms with Crippen LogP contribution in [-0.2, 0) is 16.1 Å². The third-order valence-electron chi connectivity index (χ3n) is 2.84. The number of amides is 2. The van der Waals surface area contributed by atoms with Gasteiger partial charge in [-0.15, -0.1) is 0 Å². The number of rotatable bonds is 8. The Kier molecular flexibility index (Phi) is 7.32. The van der Waals surface area contributed by atoms with Gasteiger partial charge in [-0.25, -0.2) is 0 Å². The maximum absolute atomic E-state index is 12.0. The van der Waals surface area contributed by atoms with Crippen molar-refractivity contribution in [3.63, 3.8) is 0 Å². The molecule has 0 fully saturated rings. The number of aromatic nitrogens is 1. The first-order valence-electron chi connectivity index (χ1n) is 7.11. The summed E-state index contributed by atoms with van der Waals surface area (Å²) in [5.41, 5.74) is 0.785. The van der Waals surface area contributed by atoms with Gasteiger partial charge in [-0.1, -0.05) is 19.9 Å². The Labute approximate surface area is 120 Å². The highest BCUT2D eigenvalue weighted by Gasteiger charge is 2.15. The molecule has 0 radical (unpaired) electrons. The van der Waals surface area contributed by atoms with Crippen molar-refractivity contribution < 1.29 is 9.59 Å². The van der Waals surface area contributed by atoms with Gasteiger partial charge in [-0.3, -0.25) is 14.6 Å². The van der Waals surface area contributed by atoms with Crippen molar-refractivity contribution in [2.45, 2.75) is 39.7 Å². The van der Waals surface area contributed by atoms with Crippen LogP contribution >= 0.6 is 0 Å². The summed E-state index contributed by atoms with van der Waals surface area (Å²) < 4.78 is 0. The molecule has 1 aromatic heterocycles. The Morgan fingerprint density at radius 2 is 1.90 bits per heavy atom. The predicted octanol–water partition coefficient (Wildman–Crippen LogP) is 1.74. The van der Waals surface area contributed by atoms with Gasteiger partial charge in [-0.05, 0) is 25.0 Å². The first-order valence-corrected chi connectivity index (χ1v) is 7.11. The first kappa shape index (κ1) is 16.1. The van der Waals surface area contributed by atoms with Crippen LogP contribution in [-0.4, -0.2) is 34.8 Å². The zero-order valence-electron chi connectivity index (χ0n) is 12.3. The highest BCUT2D eigenvalue weighted by molar-refractivity contribution is 5.96. The van der Waals surface area contributed by atoms with Crippen LogP contribution in [0, 0.1) is 0 Å². The molecule has 1 N–H and O–H groups in total. The van der Waals surface area contributed by atoms with Crippen LogP contribution in [0.5, 0.6) is 0 Å². The molecule has 1 aromatic rings. The highest BCUT2D eigenvalue weighted by atomic mass is 16.2. The Morgan fingerprint density at radius 1 is 1.20 bits per heavy atom. The van der Waals surface area contributed by atoms with E-state index in [0.29, 0.717) is 19.6 Å². The quantitative estimate of drug-likeness (QED) is 0.736. The van der Waals surface area contributed by atoms with Gasteiger partial charge in [0.2, 0.25) is 11.8 Å². The van der Waals surface area contributed by atoms with E-state index in [2.05, 4.69) is 10.3 Å². The van der Waals surface area contributed by atoms with E-state index in [-0.39, 0.29) is 18.2 Å². The van der Waals surface area contributed by atoms with E-state index in [1.54, 1.807) is 11.1 Å². The molecule has 0 aliphatic rings. The van der Waals surface area contributed by atoms with Crippen LogP contribution in [0.4, 0.5) is 0 Å². The van der Waals surface area contributed by atoms with Crippen LogP contribution in [0.25, 0.3) is 0 Å². The normalized spacial score (nSPS) is 10.1. The van der Waals surface area contributed by atoms with Crippen molar-refractivity contribution in [1.29, 1.82) is 0 Å². The molecule has 110 valence electrons. The fraction of sp³-hybridized carbons (Fsp3) is 0.533. The summed E-state index contributed by atoms with van der Waals surface area (Å²) in [5, 5.41) is 2.72. The first-order chi connectivity index (χ1) is 9.67. The Morgan fingerprint density at radius 3 is 2.45 bits per heavy atom. The van der Waals surface area contributed by atoms with Gasteiger partial charge >= 0.3 is 0 Å². The molecule has 0 aliphatic heterocycles. The molecule has 20 heavy (non-hydrogen) atoms. The van der Waals surface area contributed by atoms with Gasteiger partial charge in [0.15, 0.2) is 0 Å². The van der Waals surface area contributed by atoms with E-state index in [9.17, 15) is 9.59 Å². The molecular weight excluding hydrogens is 254 g/mol. The molecule has 1 rings (SSSR count). The molecular formula is C15H23N3O2. The van der Waals surface area contributed by atoms with E-state index in [1.807, 2.05) is 32.0 Å². The van der Waals surface area contributed by atoms with Crippen molar-refractivity contribution in [1.82, 2.24) is 15.2 Å². The van der Waals surface area contributed by atoms with E-state index < -0.39 is 0 Å². The highest BCUT2D eigenvalue weighted by Crippen LogP contribution is 1.99. The van der Waals surface area contributed by atoms with Crippen LogP contribution in [0.3, 0.4) is 0 Å². The number of pyridine rings is 1. The van der Waals surface area contributed by atoms with Gasteiger partial charge in [0.1, 0.15) is 6.42 Å². The summed E-state index contributed by atoms with van der Waals surface area (Å²) in [6.07, 6.45) is 3.40. The lowest BCUT2D eigenvalue weighted by molar-refractivity contribution is -0.136. The second-order valence-corrected chi connectivity index (χ2v) is 4.66. The molecule has 0 saturated heterocycles. The van der Waals surface area contributed by atoms with Gasteiger partial charge in [0, 0.05) is 19.3 Å². The van der Waals surface area contributed by atoms with Crippen LogP contribution in [0.15, 0.2) is 24.4 Å². The molecule has 1 heterocycles. The molecule has 5 nitrogen and oxygen atoms in total. The topological polar surface area (TPSA) is 62.3 Å². The largest absolute Gasteiger partial charge is 0.350 e. The van der Waals surface area contributed by atoms with E-state index in [4.69, 9.17) is 0 Å². The van der Waals surface area contributed by atoms with Gasteiger partial charge < -0.3 is 10.2 Å². The third kappa shape index (κ3) is 5.82. The number of carbonyl (C=O) groups excluding carboxylic acids is 2. The fourth-order valence-corrected chi connectivity index (χ4v) is 1.90. The SMILES string of the molecule is CCCN(CCC)C(=O)CC(=O)NCc1ccccn1. The van der Waals surface area contributed by atoms with Gasteiger partial charge in [0.25, 0.3) is 0 Å². The minimum absolute atomic E-state index is 0.0904. The summed E-state index contributed by atoms with van der Waals surface area (Å²) in [7, 11) is 0. The molecule has 5 heteroatoms. The summed E-state index contributed by atoms with van der Waals surface area (Å²) in [5.74, 6) is -0.356. The smallest absolute Gasteiger partial charge is 0.232 e. The summed E-state index contributed by atoms with van der Waals surface area (Å²) in [6.45, 7) is 5.82. The average molecular weight is 277 g/mol. The molecule has 0 spiro atoms. The molecule has 0 saturated carbocycles. The lowest BCUT2D eigenvalue weighted by atomic mass is 10.3. The van der Waals surface area contributed by atoms with Crippen molar-refractivity contribution in [3.05, 3.63) is 30.1 Å². The second-order valence-electron chi connectivity index (χ2n) is 4.66. The second kappa shape index (κ2) is 9.07. The van der Waals surface area contributed by atoms with Crippen molar-refractivity contribution >= 4 is 11.8 Å². The van der Waals surface area contributed by atoms with Crippen LogP contribution in [0.1, 0.15) is 38.8 Å². The van der Waals surface area contributed by atoms with E-state index in [1.165, 1.54) is 0 Å². The van der Waals surface area contributed by atoms with E-state index in [0.717, 1.165) is 18.5 Å². The Balaban J connectivity index is 2.38. The van der Waals surface area contributed by atoms with Gasteiger partial charge in [-0.2, -0.15) is 0 Å². The molecule has 0 unspecified atom stereocenters. The minimum atomic E-state index is -0.252. The maximum atomic E-state index is 12.0. The zero-order valence-corrected chi connectivity index (χ0v) is 12.3. The Bertz CT molecular complexity index is 414. The third-order valence-corrected chi connectivity index (χ3v) is 2.84. The number of hydrogen-bond acceptors (Lipinski definition) is 3. The van der Waals surface area contributed by atoms with Crippen LogP contribution in [0.2, 0.25) is 0 Å². The van der Waals surface area contributed by atoms with Crippen molar-refractivity contribution in [2.75, 3.05) is 13.1 Å². The summed E-state index contributed by atoms with van der Waals surface area (Å²) in [6, 6.07) is 5.52. The predicted molar refractivity (Wildman–Crippen MR) is 77.9 cm³/mol.